The molecule has 0 aliphatic carbocycles. The Hall–Kier alpha value is -6.12. The molecule has 8 aromatic rings. The van der Waals surface area contributed by atoms with Crippen LogP contribution in [-0.2, 0) is 5.41 Å². The molecule has 0 N–H and O–H groups in total. The largest absolute Gasteiger partial charge is 0.456 e. The van der Waals surface area contributed by atoms with Gasteiger partial charge in [0.2, 0.25) is 0 Å². The number of hydrogen-bond donors (Lipinski definition) is 0. The molecular weight excluding hydrogens is 607 g/mol. The zero-order chi connectivity index (χ0) is 34.1. The maximum atomic E-state index is 6.64. The van der Waals surface area contributed by atoms with E-state index in [0.29, 0.717) is 0 Å². The van der Waals surface area contributed by atoms with Gasteiger partial charge in [0, 0.05) is 33.5 Å². The predicted molar refractivity (Wildman–Crippen MR) is 211 cm³/mol. The predicted octanol–water partition coefficient (Wildman–Crippen LogP) is 13.9. The van der Waals surface area contributed by atoms with E-state index >= 15 is 0 Å². The number of fused-ring (bicyclic) bond motifs is 1. The minimum Gasteiger partial charge on any atom is -0.456 e. The van der Waals surface area contributed by atoms with Crippen LogP contribution in [0.1, 0.15) is 26.3 Å². The number of furan rings is 1. The topological polar surface area (TPSA) is 16.4 Å². The van der Waals surface area contributed by atoms with Crippen molar-refractivity contribution >= 4 is 28.0 Å². The Morgan fingerprint density at radius 2 is 0.940 bits per heavy atom. The van der Waals surface area contributed by atoms with Crippen LogP contribution < -0.4 is 4.90 Å². The van der Waals surface area contributed by atoms with E-state index in [1.54, 1.807) is 0 Å². The van der Waals surface area contributed by atoms with E-state index in [1.165, 1.54) is 27.8 Å². The van der Waals surface area contributed by atoms with Gasteiger partial charge in [0.1, 0.15) is 11.3 Å². The molecule has 1 aromatic heterocycles. The van der Waals surface area contributed by atoms with Crippen molar-refractivity contribution in [2.75, 3.05) is 4.90 Å². The van der Waals surface area contributed by atoms with Crippen LogP contribution in [0.2, 0.25) is 0 Å². The standard InChI is InChI=1S/C48H39NO/c1-48(2,3)46-43-22-11-13-24-45(43)50-47(46)39-19-14-20-41(33-39)49(40-31-29-37(30-32-40)35-17-8-5-9-18-35)44-23-12-10-21-42(44)38-27-25-36(26-28-38)34-15-6-4-7-16-34/h4-33H,1-3H3. The van der Waals surface area contributed by atoms with E-state index in [9.17, 15) is 0 Å². The molecule has 50 heavy (non-hydrogen) atoms. The van der Waals surface area contributed by atoms with Crippen LogP contribution >= 0.6 is 0 Å². The van der Waals surface area contributed by atoms with Crippen LogP contribution in [-0.4, -0.2) is 0 Å². The first kappa shape index (κ1) is 31.2. The van der Waals surface area contributed by atoms with Crippen molar-refractivity contribution < 1.29 is 4.42 Å². The lowest BCUT2D eigenvalue weighted by Crippen LogP contribution is -2.12. The molecular formula is C48H39NO. The summed E-state index contributed by atoms with van der Waals surface area (Å²) < 4.78 is 6.64. The third-order valence-electron chi connectivity index (χ3n) is 9.39. The van der Waals surface area contributed by atoms with E-state index in [4.69, 9.17) is 4.42 Å². The second-order valence-corrected chi connectivity index (χ2v) is 13.8. The smallest absolute Gasteiger partial charge is 0.139 e. The van der Waals surface area contributed by atoms with Gasteiger partial charge in [-0.1, -0.05) is 166 Å². The zero-order valence-corrected chi connectivity index (χ0v) is 28.7. The lowest BCUT2D eigenvalue weighted by molar-refractivity contribution is 0.568. The Bertz CT molecular complexity index is 2380. The van der Waals surface area contributed by atoms with Gasteiger partial charge >= 0.3 is 0 Å². The summed E-state index contributed by atoms with van der Waals surface area (Å²) in [5.74, 6) is 0.921. The van der Waals surface area contributed by atoms with Crippen LogP contribution in [0.15, 0.2) is 186 Å². The number of benzene rings is 7. The second-order valence-electron chi connectivity index (χ2n) is 13.8. The van der Waals surface area contributed by atoms with Crippen LogP contribution in [0.4, 0.5) is 17.1 Å². The molecule has 242 valence electrons. The molecule has 8 rings (SSSR count). The lowest BCUT2D eigenvalue weighted by Gasteiger charge is -2.28. The highest BCUT2D eigenvalue weighted by Gasteiger charge is 2.27. The Labute approximate surface area is 294 Å². The van der Waals surface area contributed by atoms with Crippen LogP contribution in [0.3, 0.4) is 0 Å². The van der Waals surface area contributed by atoms with Crippen LogP contribution in [0, 0.1) is 0 Å². The highest BCUT2D eigenvalue weighted by Crippen LogP contribution is 2.45. The molecule has 2 heteroatoms. The van der Waals surface area contributed by atoms with E-state index in [-0.39, 0.29) is 5.41 Å². The fraction of sp³-hybridized carbons (Fsp3) is 0.0833. The van der Waals surface area contributed by atoms with Gasteiger partial charge in [0.05, 0.1) is 5.69 Å². The molecule has 2 nitrogen and oxygen atoms in total. The molecule has 0 amide bonds. The Balaban J connectivity index is 1.28. The Morgan fingerprint density at radius 3 is 1.60 bits per heavy atom. The molecule has 1 heterocycles. The molecule has 0 saturated carbocycles. The van der Waals surface area contributed by atoms with Crippen molar-refractivity contribution in [2.45, 2.75) is 26.2 Å². The van der Waals surface area contributed by atoms with Crippen molar-refractivity contribution in [2.24, 2.45) is 0 Å². The molecule has 0 radical (unpaired) electrons. The maximum absolute atomic E-state index is 6.64. The summed E-state index contributed by atoms with van der Waals surface area (Å²) in [5.41, 5.74) is 13.4. The number of anilines is 3. The second kappa shape index (κ2) is 13.1. The summed E-state index contributed by atoms with van der Waals surface area (Å²) in [6, 6.07) is 64.8. The van der Waals surface area contributed by atoms with Crippen molar-refractivity contribution in [3.05, 3.63) is 188 Å². The summed E-state index contributed by atoms with van der Waals surface area (Å²) >= 11 is 0. The first-order chi connectivity index (χ1) is 24.4. The van der Waals surface area contributed by atoms with Gasteiger partial charge in [0.15, 0.2) is 0 Å². The minimum atomic E-state index is -0.108. The van der Waals surface area contributed by atoms with Gasteiger partial charge in [0.25, 0.3) is 0 Å². The molecule has 7 aromatic carbocycles. The number of hydrogen-bond acceptors (Lipinski definition) is 2. The average molecular weight is 646 g/mol. The number of para-hydroxylation sites is 2. The lowest BCUT2D eigenvalue weighted by atomic mass is 9.83. The third kappa shape index (κ3) is 6.01. The van der Waals surface area contributed by atoms with Crippen LogP contribution in [0.5, 0.6) is 0 Å². The minimum absolute atomic E-state index is 0.108. The molecule has 0 unspecified atom stereocenters. The fourth-order valence-corrected chi connectivity index (χ4v) is 7.03. The molecule has 0 atom stereocenters. The summed E-state index contributed by atoms with van der Waals surface area (Å²) in [5, 5.41) is 1.16. The van der Waals surface area contributed by atoms with Gasteiger partial charge in [-0.3, -0.25) is 0 Å². The molecule has 0 saturated heterocycles. The zero-order valence-electron chi connectivity index (χ0n) is 28.7. The average Bonchev–Trinajstić information content (AvgIpc) is 3.57. The summed E-state index contributed by atoms with van der Waals surface area (Å²) in [4.78, 5) is 2.37. The molecule has 0 fully saturated rings. The van der Waals surface area contributed by atoms with Crippen molar-refractivity contribution in [1.29, 1.82) is 0 Å². The molecule has 0 aliphatic rings. The monoisotopic (exact) mass is 645 g/mol. The van der Waals surface area contributed by atoms with E-state index in [1.807, 2.05) is 6.07 Å². The van der Waals surface area contributed by atoms with E-state index in [2.05, 4.69) is 202 Å². The van der Waals surface area contributed by atoms with Gasteiger partial charge in [-0.15, -0.1) is 0 Å². The van der Waals surface area contributed by atoms with E-state index in [0.717, 1.165) is 50.5 Å². The van der Waals surface area contributed by atoms with Crippen molar-refractivity contribution in [1.82, 2.24) is 0 Å². The quantitative estimate of drug-likeness (QED) is 0.171. The summed E-state index contributed by atoms with van der Waals surface area (Å²) in [6.07, 6.45) is 0. The number of rotatable bonds is 7. The Morgan fingerprint density at radius 1 is 0.420 bits per heavy atom. The van der Waals surface area contributed by atoms with Crippen molar-refractivity contribution in [3.63, 3.8) is 0 Å². The van der Waals surface area contributed by atoms with E-state index < -0.39 is 0 Å². The Kier molecular flexibility index (Phi) is 8.14. The first-order valence-corrected chi connectivity index (χ1v) is 17.3. The van der Waals surface area contributed by atoms with Gasteiger partial charge in [-0.2, -0.15) is 0 Å². The van der Waals surface area contributed by atoms with Crippen LogP contribution in [0.25, 0.3) is 55.7 Å². The fourth-order valence-electron chi connectivity index (χ4n) is 7.03. The highest BCUT2D eigenvalue weighted by atomic mass is 16.3. The van der Waals surface area contributed by atoms with Gasteiger partial charge < -0.3 is 9.32 Å². The third-order valence-corrected chi connectivity index (χ3v) is 9.39. The first-order valence-electron chi connectivity index (χ1n) is 17.3. The molecule has 0 spiro atoms. The maximum Gasteiger partial charge on any atom is 0.139 e. The van der Waals surface area contributed by atoms with Crippen molar-refractivity contribution in [3.8, 4) is 44.7 Å². The normalized spacial score (nSPS) is 11.5. The summed E-state index contributed by atoms with van der Waals surface area (Å²) in [6.45, 7) is 6.78. The van der Waals surface area contributed by atoms with Gasteiger partial charge in [-0.05, 0) is 69.6 Å². The molecule has 0 aliphatic heterocycles. The SMILES string of the molecule is CC(C)(C)c1c(-c2cccc(N(c3ccc(-c4ccccc4)cc3)c3ccccc3-c3ccc(-c4ccccc4)cc3)c2)oc2ccccc12. The molecule has 0 bridgehead atoms. The highest BCUT2D eigenvalue weighted by molar-refractivity contribution is 5.92. The van der Waals surface area contributed by atoms with Gasteiger partial charge in [-0.25, -0.2) is 0 Å². The number of nitrogens with zero attached hydrogens (tertiary/aromatic N) is 1. The summed E-state index contributed by atoms with van der Waals surface area (Å²) in [7, 11) is 0.